The van der Waals surface area contributed by atoms with E-state index < -0.39 is 46.9 Å². The molecule has 9 heterocycles. The first-order valence-electron chi connectivity index (χ1n) is 36.6. The number of nitrogens with one attached hydrogen (secondary N) is 9. The number of carbonyl (C=O) groups is 3. The van der Waals surface area contributed by atoms with Crippen LogP contribution in [-0.2, 0) is 12.8 Å². The molecule has 12 aromatic rings. The third-order valence-electron chi connectivity index (χ3n) is 19.7. The van der Waals surface area contributed by atoms with E-state index >= 15 is 13.2 Å². The summed E-state index contributed by atoms with van der Waals surface area (Å²) in [6.07, 6.45) is -1.03. The highest BCUT2D eigenvalue weighted by Gasteiger charge is 2.37. The number of hydrogen-bond acceptors (Lipinski definition) is 22. The first-order chi connectivity index (χ1) is 54.8. The molecule has 594 valence electrons. The third-order valence-corrected chi connectivity index (χ3v) is 19.7. The highest BCUT2D eigenvalue weighted by atomic mass is 19.4. The molecule has 10 N–H and O–H groups in total. The van der Waals surface area contributed by atoms with E-state index in [9.17, 15) is 32.7 Å². The number of aliphatic hydroxyl groups is 1. The van der Waals surface area contributed by atoms with Crippen molar-refractivity contribution in [1.29, 1.82) is 0 Å². The zero-order valence-corrected chi connectivity index (χ0v) is 63.9. The molecule has 6 aromatic heterocycles. The number of likely N-dealkylation sites (N-methyl/N-ethyl adjacent to an activating group) is 3. The summed E-state index contributed by atoms with van der Waals surface area (Å²) < 4.78 is 105. The van der Waals surface area contributed by atoms with E-state index in [1.807, 2.05) is 57.3 Å². The Kier molecular flexibility index (Phi) is 24.0. The van der Waals surface area contributed by atoms with E-state index in [4.69, 9.17) is 14.2 Å². The van der Waals surface area contributed by atoms with Gasteiger partial charge in [0.25, 0.3) is 17.7 Å². The van der Waals surface area contributed by atoms with Crippen molar-refractivity contribution < 1.29 is 60.0 Å². The number of hydrogen-bond donors (Lipinski definition) is 10. The number of H-pyrrole nitrogens is 3. The number of ether oxygens (including phenoxy) is 3. The molecule has 0 unspecified atom stereocenters. The quantitative estimate of drug-likeness (QED) is 0.0336. The minimum atomic E-state index is -4.62. The number of carbonyl (C=O) groups excluding carboxylic acids is 3. The summed E-state index contributed by atoms with van der Waals surface area (Å²) in [4.78, 5) is 85.7. The fourth-order valence-electron chi connectivity index (χ4n) is 13.5. The average molecular weight is 1570 g/mol. The lowest BCUT2D eigenvalue weighted by molar-refractivity contribution is -0.137. The van der Waals surface area contributed by atoms with Gasteiger partial charge in [0.15, 0.2) is 52.2 Å². The first-order valence-corrected chi connectivity index (χ1v) is 36.6. The van der Waals surface area contributed by atoms with Crippen molar-refractivity contribution >= 4 is 102 Å². The Morgan fingerprint density at radius 3 is 1.21 bits per heavy atom. The van der Waals surface area contributed by atoms with Crippen LogP contribution in [0.25, 0.3) is 32.7 Å². The van der Waals surface area contributed by atoms with Crippen LogP contribution in [-0.4, -0.2) is 203 Å². The number of aromatic amines is 3. The fraction of sp³-hybridized carbons (Fsp3) is 0.287. The molecule has 3 fully saturated rings. The van der Waals surface area contributed by atoms with Gasteiger partial charge in [-0.3, -0.25) is 14.4 Å². The van der Waals surface area contributed by atoms with Crippen LogP contribution in [0.1, 0.15) is 59.3 Å². The standard InChI is InChI=1S/C27H27F4N7O2.C27H30FN7O3.C26H28FN7O2/c1-15-12-17-19(35-15)5-7-21(23(17)28)40-26-22(25(39)32-2)24(33-14-34-26)36-16-4-6-20(18(13-16)27(29,30)31)38-10-8-37(3)9-11-38;1-16-12-19-21(32-16)6-7-22(24(19)28)38-27-23(26(37)29-2)25(30-15-31-27)33-20-5-4-18(13-17(20)14-36)35-10-8-34(3)9-11-35;1-16-13-19-20(31-16)7-8-21(23(19)27)36-26-22(25(35)28-2)24(29-15-30-26)32-17-5-4-6-18(14-17)34-11-9-33(3)10-12-34/h4-7,12-14,35H,8-11H2,1-3H3,(H,32,39)(H,33,34,36);4-7,12-13,15,32,36H,8-11,14H2,1-3H3,(H,29,37)(H,30,31,33);4-8,13-15,31H,9-12H2,1-3H3,(H,28,35)(H,29,30,32). The number of aliphatic hydroxyl groups excluding tert-OH is 1. The second kappa shape index (κ2) is 34.4. The summed E-state index contributed by atoms with van der Waals surface area (Å²) >= 11 is 0. The number of benzene rings is 6. The van der Waals surface area contributed by atoms with Crippen LogP contribution in [0.2, 0.25) is 0 Å². The maximum Gasteiger partial charge on any atom is 0.418 e. The Morgan fingerprint density at radius 1 is 0.447 bits per heavy atom. The molecule has 3 aliphatic rings. The van der Waals surface area contributed by atoms with Crippen molar-refractivity contribution in [1.82, 2.24) is 75.5 Å². The van der Waals surface area contributed by atoms with Crippen LogP contribution in [0.15, 0.2) is 134 Å². The molecule has 0 aliphatic carbocycles. The minimum absolute atomic E-state index is 0.00628. The molecule has 6 aromatic carbocycles. The van der Waals surface area contributed by atoms with Crippen LogP contribution in [0.3, 0.4) is 0 Å². The van der Waals surface area contributed by atoms with Gasteiger partial charge in [0.05, 0.1) is 12.2 Å². The molecule has 3 amide bonds. The normalized spacial score (nSPS) is 14.2. The van der Waals surface area contributed by atoms with Crippen LogP contribution in [0.5, 0.6) is 34.9 Å². The summed E-state index contributed by atoms with van der Waals surface area (Å²) in [5.74, 6) is -3.81. The van der Waals surface area contributed by atoms with Gasteiger partial charge in [-0.05, 0) is 151 Å². The van der Waals surface area contributed by atoms with Gasteiger partial charge in [-0.1, -0.05) is 6.07 Å². The summed E-state index contributed by atoms with van der Waals surface area (Å²) in [6, 6.07) is 32.0. The van der Waals surface area contributed by atoms with Crippen molar-refractivity contribution in [3.05, 3.63) is 197 Å². The predicted octanol–water partition coefficient (Wildman–Crippen LogP) is 12.7. The molecular weight excluding hydrogens is 1480 g/mol. The summed E-state index contributed by atoms with van der Waals surface area (Å²) in [5.41, 5.74) is 7.54. The highest BCUT2D eigenvalue weighted by molar-refractivity contribution is 6.03. The molecule has 28 nitrogen and oxygen atoms in total. The molecule has 15 rings (SSSR count). The predicted molar refractivity (Wildman–Crippen MR) is 425 cm³/mol. The van der Waals surface area contributed by atoms with Gasteiger partial charge in [-0.2, -0.15) is 13.2 Å². The van der Waals surface area contributed by atoms with Gasteiger partial charge in [0.2, 0.25) is 17.6 Å². The Labute approximate surface area is 651 Å². The maximum absolute atomic E-state index is 15.2. The number of aromatic nitrogens is 9. The lowest BCUT2D eigenvalue weighted by atomic mass is 10.1. The van der Waals surface area contributed by atoms with E-state index in [1.54, 1.807) is 48.2 Å². The molecule has 3 aliphatic heterocycles. The lowest BCUT2D eigenvalue weighted by Gasteiger charge is -2.35. The minimum Gasteiger partial charge on any atom is -0.435 e. The number of piperazine rings is 3. The summed E-state index contributed by atoms with van der Waals surface area (Å²) in [5, 5.41) is 27.9. The van der Waals surface area contributed by atoms with E-state index in [1.165, 1.54) is 64.1 Å². The molecule has 34 heteroatoms. The van der Waals surface area contributed by atoms with Gasteiger partial charge < -0.3 is 95.6 Å². The molecule has 0 spiro atoms. The average Bonchev–Trinajstić information content (AvgIpc) is 1.35. The van der Waals surface area contributed by atoms with E-state index in [0.29, 0.717) is 70.1 Å². The first kappa shape index (κ1) is 79.3. The maximum atomic E-state index is 15.2. The van der Waals surface area contributed by atoms with Gasteiger partial charge in [0.1, 0.15) is 35.7 Å². The molecule has 0 radical (unpaired) electrons. The molecule has 0 bridgehead atoms. The Morgan fingerprint density at radius 2 is 0.825 bits per heavy atom. The molecule has 3 saturated heterocycles. The van der Waals surface area contributed by atoms with Crippen LogP contribution >= 0.6 is 0 Å². The smallest absolute Gasteiger partial charge is 0.418 e. The summed E-state index contributed by atoms with van der Waals surface area (Å²) in [6.45, 7) is 15.1. The SMILES string of the molecule is CNC(=O)c1c(Nc2ccc(N3CCN(C)CC3)c(C(F)(F)F)c2)ncnc1Oc1ccc2[nH]c(C)cc2c1F.CNC(=O)c1c(Nc2ccc(N3CCN(C)CC3)cc2CO)ncnc1Oc1ccc2[nH]c(C)cc2c1F.CNC(=O)c1c(Nc2cccc(N3CCN(C)CC3)c2)ncnc1Oc1ccc2[nH]c(C)cc2c1F. The number of nitrogens with zero attached hydrogens (tertiary/aromatic N) is 12. The van der Waals surface area contributed by atoms with Crippen molar-refractivity contribution in [2.24, 2.45) is 0 Å². The van der Waals surface area contributed by atoms with Gasteiger partial charge in [-0.25, -0.2) is 43.1 Å². The van der Waals surface area contributed by atoms with Gasteiger partial charge >= 0.3 is 6.18 Å². The van der Waals surface area contributed by atoms with Crippen LogP contribution < -0.4 is 60.8 Å². The van der Waals surface area contributed by atoms with Gasteiger partial charge in [-0.15, -0.1) is 0 Å². The monoisotopic (exact) mass is 1570 g/mol. The van der Waals surface area contributed by atoms with Crippen LogP contribution in [0.4, 0.5) is 77.9 Å². The molecule has 0 saturated carbocycles. The second-order valence-corrected chi connectivity index (χ2v) is 27.7. The van der Waals surface area contributed by atoms with Crippen molar-refractivity contribution in [3.8, 4) is 34.9 Å². The fourth-order valence-corrected chi connectivity index (χ4v) is 13.5. The number of rotatable bonds is 19. The number of amides is 3. The summed E-state index contributed by atoms with van der Waals surface area (Å²) in [7, 11) is 10.5. The lowest BCUT2D eigenvalue weighted by Crippen LogP contribution is -2.45. The Hall–Kier alpha value is -12.8. The van der Waals surface area contributed by atoms with Crippen molar-refractivity contribution in [3.63, 3.8) is 0 Å². The van der Waals surface area contributed by atoms with Crippen molar-refractivity contribution in [2.75, 3.05) is 151 Å². The number of fused-ring (bicyclic) bond motifs is 3. The topological polar surface area (TPSA) is 315 Å². The van der Waals surface area contributed by atoms with Crippen LogP contribution in [0, 0.1) is 38.2 Å². The zero-order chi connectivity index (χ0) is 80.6. The third kappa shape index (κ3) is 17.7. The van der Waals surface area contributed by atoms with E-state index in [2.05, 4.69) is 121 Å². The molecule has 114 heavy (non-hydrogen) atoms. The number of alkyl halides is 3. The van der Waals surface area contributed by atoms with Crippen molar-refractivity contribution in [2.45, 2.75) is 33.6 Å². The van der Waals surface area contributed by atoms with E-state index in [0.717, 1.165) is 98.9 Å². The van der Waals surface area contributed by atoms with E-state index in [-0.39, 0.29) is 87.0 Å². The number of halogens is 6. The Balaban J connectivity index is 0.000000149. The second-order valence-electron chi connectivity index (χ2n) is 27.7. The largest absolute Gasteiger partial charge is 0.435 e. The van der Waals surface area contributed by atoms with Gasteiger partial charge in [0, 0.05) is 189 Å². The highest BCUT2D eigenvalue weighted by Crippen LogP contribution is 2.42. The Bertz CT molecular complexity index is 5520. The molecular formula is C80H85F6N21O7. The molecule has 0 atom stereocenters. The zero-order valence-electron chi connectivity index (χ0n) is 63.9. The number of anilines is 9. The number of aryl methyl sites for hydroxylation is 3.